The van der Waals surface area contributed by atoms with Gasteiger partial charge in [0, 0.05) is 18.1 Å². The van der Waals surface area contributed by atoms with Gasteiger partial charge in [-0.1, -0.05) is 17.7 Å². The van der Waals surface area contributed by atoms with Gasteiger partial charge in [0.2, 0.25) is 0 Å². The number of hydrogen-bond acceptors (Lipinski definition) is 3. The van der Waals surface area contributed by atoms with Crippen molar-refractivity contribution in [2.45, 2.75) is 20.0 Å². The molecule has 0 saturated heterocycles. The van der Waals surface area contributed by atoms with Gasteiger partial charge in [-0.3, -0.25) is 4.68 Å². The zero-order valence-electron chi connectivity index (χ0n) is 10.5. The largest absolute Gasteiger partial charge is 0.454 e. The third-order valence-corrected chi connectivity index (χ3v) is 2.91. The normalized spacial score (nSPS) is 10.6. The van der Waals surface area contributed by atoms with Crippen molar-refractivity contribution in [3.8, 4) is 11.5 Å². The summed E-state index contributed by atoms with van der Waals surface area (Å²) in [6, 6.07) is 5.68. The first-order chi connectivity index (χ1) is 8.72. The van der Waals surface area contributed by atoms with Crippen LogP contribution < -0.4 is 10.1 Å². The number of nitrogens with one attached hydrogen (secondary N) is 1. The molecule has 4 nitrogen and oxygen atoms in total. The van der Waals surface area contributed by atoms with Gasteiger partial charge < -0.3 is 10.1 Å². The Morgan fingerprint density at radius 3 is 2.83 bits per heavy atom. The van der Waals surface area contributed by atoms with Crippen molar-refractivity contribution < 1.29 is 4.74 Å². The van der Waals surface area contributed by atoms with Crippen molar-refractivity contribution in [2.24, 2.45) is 0 Å². The molecular formula is C13H16ClN3O. The smallest absolute Gasteiger partial charge is 0.165 e. The Kier molecular flexibility index (Phi) is 4.23. The van der Waals surface area contributed by atoms with Crippen LogP contribution in [0.2, 0.25) is 5.02 Å². The van der Waals surface area contributed by atoms with Gasteiger partial charge in [-0.2, -0.15) is 5.10 Å². The highest BCUT2D eigenvalue weighted by atomic mass is 35.5. The average Bonchev–Trinajstić information content (AvgIpc) is 2.80. The van der Waals surface area contributed by atoms with Crippen LogP contribution in [0.1, 0.15) is 12.5 Å². The van der Waals surface area contributed by atoms with E-state index in [2.05, 4.69) is 10.4 Å². The highest BCUT2D eigenvalue weighted by Gasteiger charge is 2.04. The van der Waals surface area contributed by atoms with Crippen LogP contribution in [-0.2, 0) is 13.1 Å². The van der Waals surface area contributed by atoms with E-state index in [4.69, 9.17) is 16.3 Å². The Morgan fingerprint density at radius 2 is 2.22 bits per heavy atom. The van der Waals surface area contributed by atoms with Gasteiger partial charge in [-0.05, 0) is 31.7 Å². The van der Waals surface area contributed by atoms with Crippen LogP contribution >= 0.6 is 11.6 Å². The summed E-state index contributed by atoms with van der Waals surface area (Å²) in [6.07, 6.45) is 3.55. The van der Waals surface area contributed by atoms with Gasteiger partial charge >= 0.3 is 0 Å². The van der Waals surface area contributed by atoms with E-state index >= 15 is 0 Å². The molecule has 0 bridgehead atoms. The van der Waals surface area contributed by atoms with Gasteiger partial charge in [0.05, 0.1) is 12.4 Å². The predicted octanol–water partition coefficient (Wildman–Crippen LogP) is 3.07. The Balaban J connectivity index is 2.12. The van der Waals surface area contributed by atoms with Crippen molar-refractivity contribution in [1.29, 1.82) is 0 Å². The molecule has 1 N–H and O–H groups in total. The minimum absolute atomic E-state index is 0.699. The molecule has 2 aromatic rings. The molecule has 0 aliphatic carbocycles. The Labute approximate surface area is 112 Å². The van der Waals surface area contributed by atoms with E-state index in [-0.39, 0.29) is 0 Å². The first kappa shape index (κ1) is 12.9. The molecular weight excluding hydrogens is 250 g/mol. The van der Waals surface area contributed by atoms with E-state index in [9.17, 15) is 0 Å². The first-order valence-corrected chi connectivity index (χ1v) is 6.24. The minimum atomic E-state index is 0.699. The standard InChI is InChI=1S/C13H16ClN3O/c1-3-17-9-12(8-16-17)18-11-5-4-10(7-15-2)13(14)6-11/h4-6,8-9,15H,3,7H2,1-2H3. The molecule has 0 fully saturated rings. The van der Waals surface area contributed by atoms with Crippen LogP contribution in [0.5, 0.6) is 11.5 Å². The molecule has 5 heteroatoms. The molecule has 0 aliphatic rings. The van der Waals surface area contributed by atoms with Crippen molar-refractivity contribution >= 4 is 11.6 Å². The van der Waals surface area contributed by atoms with Crippen LogP contribution in [0.3, 0.4) is 0 Å². The van der Waals surface area contributed by atoms with Crippen LogP contribution in [0.25, 0.3) is 0 Å². The van der Waals surface area contributed by atoms with Crippen molar-refractivity contribution in [1.82, 2.24) is 15.1 Å². The average molecular weight is 266 g/mol. The molecule has 0 amide bonds. The molecule has 0 atom stereocenters. The maximum absolute atomic E-state index is 6.17. The number of halogens is 1. The molecule has 18 heavy (non-hydrogen) atoms. The molecule has 96 valence electrons. The van der Waals surface area contributed by atoms with E-state index < -0.39 is 0 Å². The number of rotatable bonds is 5. The van der Waals surface area contributed by atoms with Gasteiger partial charge in [0.1, 0.15) is 5.75 Å². The zero-order valence-corrected chi connectivity index (χ0v) is 11.2. The fourth-order valence-corrected chi connectivity index (χ4v) is 1.87. The second-order valence-electron chi connectivity index (χ2n) is 3.92. The number of benzene rings is 1. The SMILES string of the molecule is CCn1cc(Oc2ccc(CNC)c(Cl)c2)cn1. The molecule has 0 aliphatic heterocycles. The van der Waals surface area contributed by atoms with Crippen molar-refractivity contribution in [3.63, 3.8) is 0 Å². The molecule has 0 unspecified atom stereocenters. The van der Waals surface area contributed by atoms with Crippen LogP contribution in [0.15, 0.2) is 30.6 Å². The van der Waals surface area contributed by atoms with E-state index in [1.807, 2.05) is 43.0 Å². The Morgan fingerprint density at radius 1 is 1.39 bits per heavy atom. The van der Waals surface area contributed by atoms with Gasteiger partial charge in [-0.25, -0.2) is 0 Å². The number of ether oxygens (including phenoxy) is 1. The highest BCUT2D eigenvalue weighted by molar-refractivity contribution is 6.31. The summed E-state index contributed by atoms with van der Waals surface area (Å²) in [5, 5.41) is 7.91. The zero-order chi connectivity index (χ0) is 13.0. The van der Waals surface area contributed by atoms with Crippen molar-refractivity contribution in [3.05, 3.63) is 41.2 Å². The lowest BCUT2D eigenvalue weighted by Gasteiger charge is -2.07. The lowest BCUT2D eigenvalue weighted by molar-refractivity contribution is 0.481. The number of hydrogen-bond donors (Lipinski definition) is 1. The van der Waals surface area contributed by atoms with Gasteiger partial charge in [-0.15, -0.1) is 0 Å². The summed E-state index contributed by atoms with van der Waals surface area (Å²) in [4.78, 5) is 0. The predicted molar refractivity (Wildman–Crippen MR) is 72.2 cm³/mol. The molecule has 0 radical (unpaired) electrons. The first-order valence-electron chi connectivity index (χ1n) is 5.86. The lowest BCUT2D eigenvalue weighted by atomic mass is 10.2. The summed E-state index contributed by atoms with van der Waals surface area (Å²) in [7, 11) is 1.89. The summed E-state index contributed by atoms with van der Waals surface area (Å²) in [5.74, 6) is 1.43. The lowest BCUT2D eigenvalue weighted by Crippen LogP contribution is -2.05. The van der Waals surface area contributed by atoms with Gasteiger partial charge in [0.15, 0.2) is 5.75 Å². The number of aryl methyl sites for hydroxylation is 1. The molecule has 2 rings (SSSR count). The third kappa shape index (κ3) is 3.03. The monoisotopic (exact) mass is 265 g/mol. The summed E-state index contributed by atoms with van der Waals surface area (Å²) >= 11 is 6.17. The second kappa shape index (κ2) is 5.89. The highest BCUT2D eigenvalue weighted by Crippen LogP contribution is 2.26. The van der Waals surface area contributed by atoms with Crippen LogP contribution in [0, 0.1) is 0 Å². The summed E-state index contributed by atoms with van der Waals surface area (Å²) in [6.45, 7) is 3.60. The van der Waals surface area contributed by atoms with E-state index in [0.717, 1.165) is 24.4 Å². The maximum Gasteiger partial charge on any atom is 0.165 e. The third-order valence-electron chi connectivity index (χ3n) is 2.56. The topological polar surface area (TPSA) is 39.1 Å². The Bertz CT molecular complexity index is 525. The molecule has 0 spiro atoms. The van der Waals surface area contributed by atoms with Crippen LogP contribution in [-0.4, -0.2) is 16.8 Å². The maximum atomic E-state index is 6.17. The van der Waals surface area contributed by atoms with E-state index in [1.54, 1.807) is 6.20 Å². The fourth-order valence-electron chi connectivity index (χ4n) is 1.63. The van der Waals surface area contributed by atoms with Gasteiger partial charge in [0.25, 0.3) is 0 Å². The van der Waals surface area contributed by atoms with Crippen LogP contribution in [0.4, 0.5) is 0 Å². The molecule has 1 heterocycles. The second-order valence-corrected chi connectivity index (χ2v) is 4.32. The van der Waals surface area contributed by atoms with E-state index in [1.165, 1.54) is 0 Å². The van der Waals surface area contributed by atoms with Crippen molar-refractivity contribution in [2.75, 3.05) is 7.05 Å². The molecule has 0 saturated carbocycles. The molecule has 1 aromatic heterocycles. The quantitative estimate of drug-likeness (QED) is 0.903. The number of aromatic nitrogens is 2. The fraction of sp³-hybridized carbons (Fsp3) is 0.308. The Hall–Kier alpha value is -1.52. The van der Waals surface area contributed by atoms with E-state index in [0.29, 0.717) is 10.8 Å². The molecule has 1 aromatic carbocycles. The number of nitrogens with zero attached hydrogens (tertiary/aromatic N) is 2. The summed E-state index contributed by atoms with van der Waals surface area (Å²) < 4.78 is 7.50. The minimum Gasteiger partial charge on any atom is -0.454 e. The summed E-state index contributed by atoms with van der Waals surface area (Å²) in [5.41, 5.74) is 1.05.